The summed E-state index contributed by atoms with van der Waals surface area (Å²) in [4.78, 5) is 15.6. The molecule has 0 bridgehead atoms. The third-order valence-electron chi connectivity index (χ3n) is 4.51. The standard InChI is InChI=1S/C18H24N2O4/c1-2-7-14-17(24-18(21)22)20-11-6-10-15(16(20)19-14)23-12-13-8-4-3-5-9-13/h6,10-11,13H,2-5,7-9,12H2,1H3,(H,21,22). The van der Waals surface area contributed by atoms with E-state index in [0.717, 1.165) is 6.42 Å². The molecule has 1 saturated carbocycles. The van der Waals surface area contributed by atoms with Crippen molar-refractivity contribution in [3.63, 3.8) is 0 Å². The zero-order chi connectivity index (χ0) is 16.9. The number of pyridine rings is 1. The van der Waals surface area contributed by atoms with Gasteiger partial charge in [-0.1, -0.05) is 32.6 Å². The highest BCUT2D eigenvalue weighted by Gasteiger charge is 2.20. The summed E-state index contributed by atoms with van der Waals surface area (Å²) < 4.78 is 12.6. The van der Waals surface area contributed by atoms with Crippen LogP contribution in [0.25, 0.3) is 5.65 Å². The molecular formula is C18H24N2O4. The number of carbonyl (C=O) groups is 1. The summed E-state index contributed by atoms with van der Waals surface area (Å²) in [6.45, 7) is 2.71. The maximum atomic E-state index is 11.0. The minimum atomic E-state index is -1.33. The van der Waals surface area contributed by atoms with Gasteiger partial charge in [-0.3, -0.25) is 4.40 Å². The number of carboxylic acid groups (broad SMARTS) is 1. The average molecular weight is 332 g/mol. The minimum absolute atomic E-state index is 0.266. The van der Waals surface area contributed by atoms with Crippen LogP contribution in [-0.2, 0) is 6.42 Å². The van der Waals surface area contributed by atoms with Crippen molar-refractivity contribution < 1.29 is 19.4 Å². The second-order valence-corrected chi connectivity index (χ2v) is 6.36. The number of imidazole rings is 1. The number of aromatic nitrogens is 2. The van der Waals surface area contributed by atoms with Crippen molar-refractivity contribution in [3.05, 3.63) is 24.0 Å². The quantitative estimate of drug-likeness (QED) is 0.798. The Kier molecular flexibility index (Phi) is 5.23. The first-order valence-corrected chi connectivity index (χ1v) is 8.72. The fraction of sp³-hybridized carbons (Fsp3) is 0.556. The Labute approximate surface area is 141 Å². The fourth-order valence-electron chi connectivity index (χ4n) is 3.33. The van der Waals surface area contributed by atoms with E-state index in [0.29, 0.717) is 36.0 Å². The van der Waals surface area contributed by atoms with E-state index in [1.165, 1.54) is 32.1 Å². The molecule has 1 aliphatic rings. The number of nitrogens with zero attached hydrogens (tertiary/aromatic N) is 2. The molecule has 0 amide bonds. The van der Waals surface area contributed by atoms with Gasteiger partial charge in [0, 0.05) is 6.20 Å². The lowest BCUT2D eigenvalue weighted by molar-refractivity contribution is 0.141. The molecule has 1 N–H and O–H groups in total. The maximum absolute atomic E-state index is 11.0. The number of aryl methyl sites for hydroxylation is 1. The van der Waals surface area contributed by atoms with Crippen molar-refractivity contribution in [2.24, 2.45) is 5.92 Å². The first kappa shape index (κ1) is 16.6. The summed E-state index contributed by atoms with van der Waals surface area (Å²) in [5.41, 5.74) is 1.27. The molecule has 0 atom stereocenters. The second kappa shape index (κ2) is 7.55. The predicted molar refractivity (Wildman–Crippen MR) is 89.9 cm³/mol. The molecule has 130 valence electrons. The lowest BCUT2D eigenvalue weighted by Crippen LogP contribution is -2.15. The van der Waals surface area contributed by atoms with Crippen LogP contribution < -0.4 is 9.47 Å². The smallest absolute Gasteiger partial charge is 0.489 e. The van der Waals surface area contributed by atoms with E-state index < -0.39 is 6.16 Å². The van der Waals surface area contributed by atoms with Crippen molar-refractivity contribution in [3.8, 4) is 11.6 Å². The van der Waals surface area contributed by atoms with Gasteiger partial charge in [-0.05, 0) is 37.3 Å². The normalized spacial score (nSPS) is 15.5. The molecule has 1 fully saturated rings. The topological polar surface area (TPSA) is 73.1 Å². The van der Waals surface area contributed by atoms with Gasteiger partial charge in [-0.2, -0.15) is 0 Å². The molecule has 0 spiro atoms. The van der Waals surface area contributed by atoms with Gasteiger partial charge < -0.3 is 14.6 Å². The molecule has 0 aromatic carbocycles. The third kappa shape index (κ3) is 3.63. The molecule has 3 rings (SSSR count). The zero-order valence-electron chi connectivity index (χ0n) is 14.0. The van der Waals surface area contributed by atoms with Gasteiger partial charge in [0.25, 0.3) is 0 Å². The highest BCUT2D eigenvalue weighted by molar-refractivity contribution is 5.64. The maximum Gasteiger partial charge on any atom is 0.512 e. The van der Waals surface area contributed by atoms with Crippen LogP contribution in [0.1, 0.15) is 51.1 Å². The molecule has 6 heteroatoms. The molecule has 24 heavy (non-hydrogen) atoms. The van der Waals surface area contributed by atoms with Crippen molar-refractivity contribution >= 4 is 11.8 Å². The van der Waals surface area contributed by atoms with E-state index in [1.807, 2.05) is 19.1 Å². The fourth-order valence-corrected chi connectivity index (χ4v) is 3.33. The number of hydrogen-bond donors (Lipinski definition) is 1. The van der Waals surface area contributed by atoms with E-state index in [2.05, 4.69) is 4.98 Å². The van der Waals surface area contributed by atoms with Gasteiger partial charge >= 0.3 is 6.16 Å². The van der Waals surface area contributed by atoms with E-state index in [9.17, 15) is 4.79 Å². The minimum Gasteiger partial charge on any atom is -0.489 e. The number of ether oxygens (including phenoxy) is 2. The lowest BCUT2D eigenvalue weighted by Gasteiger charge is -2.21. The molecular weight excluding hydrogens is 308 g/mol. The SMILES string of the molecule is CCCc1nc2c(OCC3CCCCC3)cccn2c1OC(=O)O. The van der Waals surface area contributed by atoms with Gasteiger partial charge in [-0.25, -0.2) is 9.78 Å². The van der Waals surface area contributed by atoms with E-state index in [1.54, 1.807) is 10.6 Å². The van der Waals surface area contributed by atoms with Crippen LogP contribution >= 0.6 is 0 Å². The van der Waals surface area contributed by atoms with Crippen molar-refractivity contribution in [2.75, 3.05) is 6.61 Å². The summed E-state index contributed by atoms with van der Waals surface area (Å²) in [5, 5.41) is 8.99. The van der Waals surface area contributed by atoms with Crippen molar-refractivity contribution in [1.82, 2.24) is 9.38 Å². The summed E-state index contributed by atoms with van der Waals surface area (Å²) in [5.74, 6) is 1.54. The zero-order valence-corrected chi connectivity index (χ0v) is 14.0. The molecule has 2 aromatic rings. The number of fused-ring (bicyclic) bond motifs is 1. The first-order valence-electron chi connectivity index (χ1n) is 8.72. The summed E-state index contributed by atoms with van der Waals surface area (Å²) in [7, 11) is 0. The van der Waals surface area contributed by atoms with E-state index in [4.69, 9.17) is 14.6 Å². The Morgan fingerprint density at radius 1 is 1.38 bits per heavy atom. The molecule has 6 nitrogen and oxygen atoms in total. The first-order chi connectivity index (χ1) is 11.7. The monoisotopic (exact) mass is 332 g/mol. The Balaban J connectivity index is 1.86. The lowest BCUT2D eigenvalue weighted by atomic mass is 9.90. The molecule has 0 aliphatic heterocycles. The average Bonchev–Trinajstić information content (AvgIpc) is 2.92. The van der Waals surface area contributed by atoms with Crippen LogP contribution in [0.4, 0.5) is 4.79 Å². The molecule has 2 heterocycles. The number of rotatable bonds is 6. The van der Waals surface area contributed by atoms with Gasteiger partial charge in [0.15, 0.2) is 11.4 Å². The Morgan fingerprint density at radius 2 is 2.17 bits per heavy atom. The molecule has 0 radical (unpaired) electrons. The van der Waals surface area contributed by atoms with Crippen molar-refractivity contribution in [1.29, 1.82) is 0 Å². The van der Waals surface area contributed by atoms with Crippen LogP contribution in [0, 0.1) is 5.92 Å². The summed E-state index contributed by atoms with van der Waals surface area (Å²) in [6, 6.07) is 3.71. The molecule has 0 saturated heterocycles. The van der Waals surface area contributed by atoms with Crippen LogP contribution in [0.15, 0.2) is 18.3 Å². The van der Waals surface area contributed by atoms with Crippen LogP contribution in [0.5, 0.6) is 11.6 Å². The van der Waals surface area contributed by atoms with Gasteiger partial charge in [0.1, 0.15) is 5.69 Å². The highest BCUT2D eigenvalue weighted by atomic mass is 16.7. The van der Waals surface area contributed by atoms with Gasteiger partial charge in [0.05, 0.1) is 6.61 Å². The second-order valence-electron chi connectivity index (χ2n) is 6.36. The summed E-state index contributed by atoms with van der Waals surface area (Å²) in [6.07, 6.45) is 8.25. The van der Waals surface area contributed by atoms with E-state index in [-0.39, 0.29) is 5.88 Å². The van der Waals surface area contributed by atoms with Crippen LogP contribution in [0.3, 0.4) is 0 Å². The van der Waals surface area contributed by atoms with Crippen molar-refractivity contribution in [2.45, 2.75) is 51.9 Å². The predicted octanol–water partition coefficient (Wildman–Crippen LogP) is 4.30. The highest BCUT2D eigenvalue weighted by Crippen LogP contribution is 2.30. The number of hydrogen-bond acceptors (Lipinski definition) is 4. The van der Waals surface area contributed by atoms with Crippen LogP contribution in [-0.4, -0.2) is 27.3 Å². The summed E-state index contributed by atoms with van der Waals surface area (Å²) >= 11 is 0. The van der Waals surface area contributed by atoms with Gasteiger partial charge in [-0.15, -0.1) is 0 Å². The molecule has 0 unspecified atom stereocenters. The Hall–Kier alpha value is -2.24. The Morgan fingerprint density at radius 3 is 2.88 bits per heavy atom. The third-order valence-corrected chi connectivity index (χ3v) is 4.51. The molecule has 1 aliphatic carbocycles. The Bertz CT molecular complexity index is 704. The van der Waals surface area contributed by atoms with E-state index >= 15 is 0 Å². The van der Waals surface area contributed by atoms with Gasteiger partial charge in [0.2, 0.25) is 5.88 Å². The largest absolute Gasteiger partial charge is 0.512 e. The molecule has 2 aromatic heterocycles. The van der Waals surface area contributed by atoms with Crippen LogP contribution in [0.2, 0.25) is 0 Å².